The minimum atomic E-state index is -4.41. The number of amides is 1. The minimum absolute atomic E-state index is 0.0124. The molecule has 24 heavy (non-hydrogen) atoms. The van der Waals surface area contributed by atoms with Crippen molar-refractivity contribution in [3.05, 3.63) is 53.6 Å². The Bertz CT molecular complexity index is 742. The van der Waals surface area contributed by atoms with Crippen LogP contribution < -0.4 is 16.4 Å². The third kappa shape index (κ3) is 4.41. The minimum Gasteiger partial charge on any atom is -0.397 e. The molecule has 128 valence electrons. The summed E-state index contributed by atoms with van der Waals surface area (Å²) in [6, 6.07) is 9.40. The maximum atomic E-state index is 12.7. The second-order valence-corrected chi connectivity index (χ2v) is 5.63. The molecule has 4 nitrogen and oxygen atoms in total. The van der Waals surface area contributed by atoms with Gasteiger partial charge < -0.3 is 16.4 Å². The second-order valence-electron chi connectivity index (χ2n) is 5.63. The molecule has 7 heteroatoms. The Morgan fingerprint density at radius 1 is 1.12 bits per heavy atom. The number of hydrogen-bond donors (Lipinski definition) is 3. The second kappa shape index (κ2) is 6.82. The van der Waals surface area contributed by atoms with E-state index in [-0.39, 0.29) is 23.3 Å². The van der Waals surface area contributed by atoms with Gasteiger partial charge in [-0.2, -0.15) is 13.2 Å². The first-order chi connectivity index (χ1) is 11.2. The van der Waals surface area contributed by atoms with E-state index >= 15 is 0 Å². The maximum Gasteiger partial charge on any atom is 0.416 e. The van der Waals surface area contributed by atoms with Crippen molar-refractivity contribution < 1.29 is 18.0 Å². The van der Waals surface area contributed by atoms with E-state index in [1.165, 1.54) is 18.2 Å². The zero-order chi connectivity index (χ0) is 17.9. The van der Waals surface area contributed by atoms with Crippen molar-refractivity contribution in [1.29, 1.82) is 0 Å². The van der Waals surface area contributed by atoms with Gasteiger partial charge in [-0.15, -0.1) is 0 Å². The Balaban J connectivity index is 2.21. The highest BCUT2D eigenvalue weighted by Gasteiger charge is 2.30. The summed E-state index contributed by atoms with van der Waals surface area (Å²) in [6.07, 6.45) is -4.41. The Morgan fingerprint density at radius 3 is 2.42 bits per heavy atom. The lowest BCUT2D eigenvalue weighted by atomic mass is 10.1. The SMILES string of the molecule is CC(C)NC(=O)c1ccc(Nc2cccc(C(F)(F)F)c2)c(N)c1. The molecule has 0 saturated heterocycles. The van der Waals surface area contributed by atoms with Crippen LogP contribution in [-0.2, 0) is 6.18 Å². The number of hydrogen-bond acceptors (Lipinski definition) is 3. The summed E-state index contributed by atoms with van der Waals surface area (Å²) in [5, 5.41) is 5.57. The fourth-order valence-corrected chi connectivity index (χ4v) is 2.09. The molecule has 0 radical (unpaired) electrons. The molecule has 0 aliphatic rings. The smallest absolute Gasteiger partial charge is 0.397 e. The Hall–Kier alpha value is -2.70. The number of rotatable bonds is 4. The topological polar surface area (TPSA) is 67.2 Å². The largest absolute Gasteiger partial charge is 0.416 e. The van der Waals surface area contributed by atoms with Gasteiger partial charge in [0.2, 0.25) is 0 Å². The van der Waals surface area contributed by atoms with E-state index in [0.717, 1.165) is 12.1 Å². The highest BCUT2D eigenvalue weighted by molar-refractivity contribution is 5.96. The number of halogens is 3. The molecule has 0 atom stereocenters. The standard InChI is InChI=1S/C17H18F3N3O/c1-10(2)22-16(24)11-6-7-15(14(21)8-11)23-13-5-3-4-12(9-13)17(18,19)20/h3-10,23H,21H2,1-2H3,(H,22,24). The fraction of sp³-hybridized carbons (Fsp3) is 0.235. The molecular formula is C17H18F3N3O. The number of carbonyl (C=O) groups excluding carboxylic acids is 1. The number of anilines is 3. The monoisotopic (exact) mass is 337 g/mol. The van der Waals surface area contributed by atoms with E-state index in [9.17, 15) is 18.0 Å². The molecule has 2 aromatic rings. The number of nitrogen functional groups attached to an aromatic ring is 1. The molecule has 4 N–H and O–H groups in total. The van der Waals surface area contributed by atoms with Gasteiger partial charge in [-0.1, -0.05) is 6.07 Å². The third-order valence-corrected chi connectivity index (χ3v) is 3.20. The van der Waals surface area contributed by atoms with Crippen LogP contribution in [0, 0.1) is 0 Å². The molecule has 0 aromatic heterocycles. The van der Waals surface area contributed by atoms with Crippen LogP contribution in [0.5, 0.6) is 0 Å². The molecule has 2 aromatic carbocycles. The Labute approximate surface area is 137 Å². The summed E-state index contributed by atoms with van der Waals surface area (Å²) in [5.41, 5.74) is 6.48. The van der Waals surface area contributed by atoms with Gasteiger partial charge in [0.15, 0.2) is 0 Å². The number of benzene rings is 2. The van der Waals surface area contributed by atoms with Gasteiger partial charge in [0, 0.05) is 17.3 Å². The van der Waals surface area contributed by atoms with Gasteiger partial charge >= 0.3 is 6.18 Å². The van der Waals surface area contributed by atoms with Crippen molar-refractivity contribution in [2.75, 3.05) is 11.1 Å². The maximum absolute atomic E-state index is 12.7. The molecule has 0 aliphatic carbocycles. The van der Waals surface area contributed by atoms with E-state index in [2.05, 4.69) is 10.6 Å². The van der Waals surface area contributed by atoms with Gasteiger partial charge in [-0.05, 0) is 50.2 Å². The van der Waals surface area contributed by atoms with Crippen LogP contribution in [-0.4, -0.2) is 11.9 Å². The zero-order valence-corrected chi connectivity index (χ0v) is 13.2. The number of nitrogens with one attached hydrogen (secondary N) is 2. The van der Waals surface area contributed by atoms with Crippen LogP contribution in [0.15, 0.2) is 42.5 Å². The summed E-state index contributed by atoms with van der Waals surface area (Å²) in [6.45, 7) is 3.68. The molecule has 0 saturated carbocycles. The van der Waals surface area contributed by atoms with Crippen LogP contribution in [0.25, 0.3) is 0 Å². The van der Waals surface area contributed by atoms with Crippen molar-refractivity contribution in [2.45, 2.75) is 26.1 Å². The lowest BCUT2D eigenvalue weighted by Gasteiger charge is -2.14. The molecule has 1 amide bonds. The molecule has 0 fully saturated rings. The Morgan fingerprint density at radius 2 is 1.83 bits per heavy atom. The highest BCUT2D eigenvalue weighted by atomic mass is 19.4. The molecule has 2 rings (SSSR count). The van der Waals surface area contributed by atoms with Gasteiger partial charge in [0.25, 0.3) is 5.91 Å². The van der Waals surface area contributed by atoms with Crippen molar-refractivity contribution in [1.82, 2.24) is 5.32 Å². The first-order valence-electron chi connectivity index (χ1n) is 7.31. The summed E-state index contributed by atoms with van der Waals surface area (Å²) in [5.74, 6) is -0.262. The predicted molar refractivity (Wildman–Crippen MR) is 88.2 cm³/mol. The average Bonchev–Trinajstić information content (AvgIpc) is 2.48. The predicted octanol–water partition coefficient (Wildman–Crippen LogP) is 4.17. The number of alkyl halides is 3. The first kappa shape index (κ1) is 17.7. The van der Waals surface area contributed by atoms with Crippen LogP contribution in [0.4, 0.5) is 30.2 Å². The quantitative estimate of drug-likeness (QED) is 0.734. The first-order valence-corrected chi connectivity index (χ1v) is 7.31. The number of carbonyl (C=O) groups is 1. The van der Waals surface area contributed by atoms with Crippen molar-refractivity contribution >= 4 is 23.0 Å². The van der Waals surface area contributed by atoms with E-state index in [0.29, 0.717) is 11.3 Å². The van der Waals surface area contributed by atoms with Crippen molar-refractivity contribution in [3.63, 3.8) is 0 Å². The summed E-state index contributed by atoms with van der Waals surface area (Å²) < 4.78 is 38.2. The third-order valence-electron chi connectivity index (χ3n) is 3.20. The van der Waals surface area contributed by atoms with Crippen molar-refractivity contribution in [2.24, 2.45) is 0 Å². The van der Waals surface area contributed by atoms with Gasteiger partial charge in [-0.25, -0.2) is 0 Å². The molecular weight excluding hydrogens is 319 g/mol. The highest BCUT2D eigenvalue weighted by Crippen LogP contribution is 2.32. The molecule has 0 spiro atoms. The lowest BCUT2D eigenvalue weighted by Crippen LogP contribution is -2.30. The molecule has 0 unspecified atom stereocenters. The average molecular weight is 337 g/mol. The zero-order valence-electron chi connectivity index (χ0n) is 13.2. The normalized spacial score (nSPS) is 11.4. The molecule has 0 aliphatic heterocycles. The molecule has 0 heterocycles. The van der Waals surface area contributed by atoms with Gasteiger partial charge in [0.1, 0.15) is 0 Å². The van der Waals surface area contributed by atoms with E-state index in [1.54, 1.807) is 12.1 Å². The van der Waals surface area contributed by atoms with Crippen LogP contribution in [0.2, 0.25) is 0 Å². The van der Waals surface area contributed by atoms with Crippen molar-refractivity contribution in [3.8, 4) is 0 Å². The van der Waals surface area contributed by atoms with E-state index in [1.807, 2.05) is 13.8 Å². The number of nitrogens with two attached hydrogens (primary N) is 1. The van der Waals surface area contributed by atoms with Gasteiger partial charge in [0.05, 0.1) is 16.9 Å². The van der Waals surface area contributed by atoms with E-state index < -0.39 is 11.7 Å². The van der Waals surface area contributed by atoms with Gasteiger partial charge in [-0.3, -0.25) is 4.79 Å². The summed E-state index contributed by atoms with van der Waals surface area (Å²) in [4.78, 5) is 11.9. The summed E-state index contributed by atoms with van der Waals surface area (Å²) >= 11 is 0. The molecule has 0 bridgehead atoms. The van der Waals surface area contributed by atoms with Crippen LogP contribution in [0.1, 0.15) is 29.8 Å². The van der Waals surface area contributed by atoms with Crippen LogP contribution in [0.3, 0.4) is 0 Å². The van der Waals surface area contributed by atoms with E-state index in [4.69, 9.17) is 5.73 Å². The lowest BCUT2D eigenvalue weighted by molar-refractivity contribution is -0.137. The van der Waals surface area contributed by atoms with Crippen LogP contribution >= 0.6 is 0 Å². The summed E-state index contributed by atoms with van der Waals surface area (Å²) in [7, 11) is 0. The fourth-order valence-electron chi connectivity index (χ4n) is 2.09. The Kier molecular flexibility index (Phi) is 5.02.